The van der Waals surface area contributed by atoms with Crippen molar-refractivity contribution in [3.05, 3.63) is 59.7 Å². The minimum absolute atomic E-state index is 0. The van der Waals surface area contributed by atoms with E-state index in [9.17, 15) is 0 Å². The van der Waals surface area contributed by atoms with Gasteiger partial charge in [0.25, 0.3) is 0 Å². The topological polar surface area (TPSA) is 73.8 Å². The van der Waals surface area contributed by atoms with Crippen LogP contribution in [-0.2, 0) is 58.3 Å². The molecule has 0 aliphatic carbocycles. The summed E-state index contributed by atoms with van der Waals surface area (Å²) in [6, 6.07) is 17.8. The molecule has 202 valence electrons. The molecule has 0 aliphatic heterocycles. The number of aryl methyl sites for hydroxylation is 2. The average molecular weight is 549 g/mol. The molecule has 0 saturated heterocycles. The Labute approximate surface area is 238 Å². The third-order valence-electron chi connectivity index (χ3n) is 4.27. The number of hydrogen-bond donors (Lipinski definition) is 0. The van der Waals surface area contributed by atoms with Gasteiger partial charge < -0.3 is 37.9 Å². The Morgan fingerprint density at radius 3 is 1.28 bits per heavy atom. The Hall–Kier alpha value is -1.08. The van der Waals surface area contributed by atoms with Gasteiger partial charge >= 0.3 is 35.9 Å². The van der Waals surface area contributed by atoms with Crippen LogP contribution in [0.3, 0.4) is 0 Å². The Balaban J connectivity index is 0. The van der Waals surface area contributed by atoms with Crippen LogP contribution in [0, 0.1) is 12.1 Å². The van der Waals surface area contributed by atoms with Gasteiger partial charge in [0, 0.05) is 53.2 Å². The first-order valence-corrected chi connectivity index (χ1v) is 11.1. The summed E-state index contributed by atoms with van der Waals surface area (Å²) in [7, 11) is 6.42. The standard InChI is InChI=1S/2C13H19O4.Cu.Li/c2*1-14-10-16-9-3-4-12-5-7-13(8-6-12)17-11-15-2;;/h2*5-7H,3-4,9-11H2,1-2H3;;/q2*-1;2*+1. The van der Waals surface area contributed by atoms with Crippen LogP contribution in [0.4, 0.5) is 0 Å². The van der Waals surface area contributed by atoms with E-state index in [4.69, 9.17) is 37.9 Å². The van der Waals surface area contributed by atoms with Crippen LogP contribution in [-0.4, -0.2) is 68.8 Å². The molecule has 0 atom stereocenters. The Morgan fingerprint density at radius 1 is 0.583 bits per heavy atom. The van der Waals surface area contributed by atoms with Gasteiger partial charge in [0.1, 0.15) is 13.6 Å². The molecule has 0 fully saturated rings. The van der Waals surface area contributed by atoms with Crippen molar-refractivity contribution in [2.24, 2.45) is 0 Å². The van der Waals surface area contributed by atoms with Gasteiger partial charge in [0.2, 0.25) is 0 Å². The molecule has 2 rings (SSSR count). The minimum Gasteiger partial charge on any atom is -0.493 e. The van der Waals surface area contributed by atoms with E-state index in [1.165, 1.54) is 11.1 Å². The number of ether oxygens (including phenoxy) is 8. The molecule has 0 aromatic heterocycles. The summed E-state index contributed by atoms with van der Waals surface area (Å²) in [6.45, 7) is 2.62. The summed E-state index contributed by atoms with van der Waals surface area (Å²) in [4.78, 5) is 0. The Morgan fingerprint density at radius 2 is 0.972 bits per heavy atom. The largest absolute Gasteiger partial charge is 1.00 e. The van der Waals surface area contributed by atoms with Gasteiger partial charge in [0.05, 0.1) is 0 Å². The summed E-state index contributed by atoms with van der Waals surface area (Å²) >= 11 is 0. The molecule has 0 bridgehead atoms. The number of rotatable bonds is 18. The third-order valence-corrected chi connectivity index (χ3v) is 4.27. The van der Waals surface area contributed by atoms with Gasteiger partial charge in [-0.05, 0) is 12.8 Å². The van der Waals surface area contributed by atoms with E-state index in [0.717, 1.165) is 25.7 Å². The van der Waals surface area contributed by atoms with Gasteiger partial charge in [-0.15, -0.1) is 24.3 Å². The number of hydrogen-bond acceptors (Lipinski definition) is 8. The maximum atomic E-state index is 5.25. The second kappa shape index (κ2) is 27.0. The predicted molar refractivity (Wildman–Crippen MR) is 128 cm³/mol. The van der Waals surface area contributed by atoms with E-state index in [2.05, 4.69) is 12.1 Å². The first kappa shape index (κ1) is 37.1. The van der Waals surface area contributed by atoms with Gasteiger partial charge in [-0.1, -0.05) is 12.8 Å². The van der Waals surface area contributed by atoms with E-state index < -0.39 is 0 Å². The molecular weight excluding hydrogens is 511 g/mol. The minimum atomic E-state index is 0. The number of benzene rings is 2. The molecule has 36 heavy (non-hydrogen) atoms. The zero-order valence-electron chi connectivity index (χ0n) is 22.1. The summed E-state index contributed by atoms with van der Waals surface area (Å²) in [5, 5.41) is 0. The van der Waals surface area contributed by atoms with Crippen molar-refractivity contribution in [1.29, 1.82) is 0 Å². The van der Waals surface area contributed by atoms with Crippen molar-refractivity contribution in [2.45, 2.75) is 25.7 Å². The molecule has 8 nitrogen and oxygen atoms in total. The van der Waals surface area contributed by atoms with Crippen molar-refractivity contribution in [1.82, 2.24) is 0 Å². The van der Waals surface area contributed by atoms with Crippen molar-refractivity contribution in [2.75, 3.05) is 68.8 Å². The molecule has 0 spiro atoms. The van der Waals surface area contributed by atoms with Gasteiger partial charge in [0.15, 0.2) is 13.6 Å². The fourth-order valence-electron chi connectivity index (χ4n) is 2.66. The molecule has 2 aromatic carbocycles. The molecule has 0 saturated carbocycles. The van der Waals surface area contributed by atoms with Crippen molar-refractivity contribution in [3.8, 4) is 11.5 Å². The maximum absolute atomic E-state index is 5.25. The fourth-order valence-corrected chi connectivity index (χ4v) is 2.66. The molecule has 0 heterocycles. The van der Waals surface area contributed by atoms with Gasteiger partial charge in [-0.3, -0.25) is 0 Å². The van der Waals surface area contributed by atoms with E-state index in [1.807, 2.05) is 36.4 Å². The Bertz CT molecular complexity index is 643. The second-order valence-corrected chi connectivity index (χ2v) is 7.06. The van der Waals surface area contributed by atoms with E-state index in [1.54, 1.807) is 28.4 Å². The van der Waals surface area contributed by atoms with E-state index in [-0.39, 0.29) is 49.5 Å². The molecular formula is C26H38CuLiO8. The molecule has 0 aliphatic rings. The van der Waals surface area contributed by atoms with Crippen LogP contribution in [0.2, 0.25) is 0 Å². The molecule has 10 heteroatoms. The molecule has 0 N–H and O–H groups in total. The fraction of sp³-hybridized carbons (Fsp3) is 0.538. The molecule has 0 radical (unpaired) electrons. The summed E-state index contributed by atoms with van der Waals surface area (Å²) in [5.41, 5.74) is 2.44. The maximum Gasteiger partial charge on any atom is 1.00 e. The van der Waals surface area contributed by atoms with E-state index in [0.29, 0.717) is 38.3 Å². The molecule has 0 amide bonds. The predicted octanol–water partition coefficient (Wildman–Crippen LogP) is 1.05. The van der Waals surface area contributed by atoms with Crippen LogP contribution in [0.5, 0.6) is 11.5 Å². The van der Waals surface area contributed by atoms with Crippen LogP contribution in [0.1, 0.15) is 24.0 Å². The first-order chi connectivity index (χ1) is 16.7. The normalized spacial score (nSPS) is 9.89. The third kappa shape index (κ3) is 20.0. The van der Waals surface area contributed by atoms with Crippen molar-refractivity contribution in [3.63, 3.8) is 0 Å². The molecule has 0 unspecified atom stereocenters. The van der Waals surface area contributed by atoms with Crippen LogP contribution < -0.4 is 28.3 Å². The number of methoxy groups -OCH3 is 4. The summed E-state index contributed by atoms with van der Waals surface area (Å²) in [5.74, 6) is 1.40. The second-order valence-electron chi connectivity index (χ2n) is 7.06. The monoisotopic (exact) mass is 548 g/mol. The van der Waals surface area contributed by atoms with Gasteiger partial charge in [-0.2, -0.15) is 35.4 Å². The summed E-state index contributed by atoms with van der Waals surface area (Å²) in [6.07, 6.45) is 3.86. The van der Waals surface area contributed by atoms with Gasteiger partial charge in [-0.25, -0.2) is 0 Å². The molecule has 2 aromatic rings. The average Bonchev–Trinajstić information content (AvgIpc) is 2.88. The Kier molecular flexibility index (Phi) is 27.8. The van der Waals surface area contributed by atoms with Crippen molar-refractivity contribution < 1.29 is 73.8 Å². The first-order valence-electron chi connectivity index (χ1n) is 11.1. The SMILES string of the molecule is COCOCCCc1c[c-]c(OCOC)cc1.COCOCCCc1c[c-]c(OCOC)cc1.[Cu+].[Li+]. The zero-order valence-corrected chi connectivity index (χ0v) is 23.0. The quantitative estimate of drug-likeness (QED) is 0.118. The van der Waals surface area contributed by atoms with Crippen LogP contribution in [0.25, 0.3) is 0 Å². The van der Waals surface area contributed by atoms with Crippen LogP contribution >= 0.6 is 0 Å². The van der Waals surface area contributed by atoms with Crippen LogP contribution in [0.15, 0.2) is 36.4 Å². The van der Waals surface area contributed by atoms with Crippen molar-refractivity contribution >= 4 is 0 Å². The zero-order chi connectivity index (χ0) is 24.7. The summed E-state index contributed by atoms with van der Waals surface area (Å²) < 4.78 is 40.1. The van der Waals surface area contributed by atoms with E-state index >= 15 is 0 Å². The smallest absolute Gasteiger partial charge is 0.493 e.